The van der Waals surface area contributed by atoms with Crippen LogP contribution in [-0.4, -0.2) is 54.6 Å². The third-order valence-electron chi connectivity index (χ3n) is 3.84. The smallest absolute Gasteiger partial charge is 0.409 e. The van der Waals surface area contributed by atoms with Gasteiger partial charge < -0.3 is 14.5 Å². The molecule has 1 aromatic rings. The topological polar surface area (TPSA) is 49.9 Å². The van der Waals surface area contributed by atoms with Gasteiger partial charge in [-0.2, -0.15) is 0 Å². The molecule has 0 radical (unpaired) electrons. The Kier molecular flexibility index (Phi) is 5.83. The summed E-state index contributed by atoms with van der Waals surface area (Å²) in [4.78, 5) is 29.8. The summed E-state index contributed by atoms with van der Waals surface area (Å²) in [5.41, 5.74) is 1.28. The van der Waals surface area contributed by atoms with E-state index >= 15 is 0 Å². The number of hydrogen-bond acceptors (Lipinski definition) is 4. The molecule has 0 spiro atoms. The Morgan fingerprint density at radius 1 is 1.18 bits per heavy atom. The lowest BCUT2D eigenvalue weighted by Crippen LogP contribution is -2.50. The van der Waals surface area contributed by atoms with Crippen LogP contribution < -0.4 is 0 Å². The van der Waals surface area contributed by atoms with Gasteiger partial charge in [0, 0.05) is 31.1 Å². The van der Waals surface area contributed by atoms with Gasteiger partial charge in [0.1, 0.15) is 0 Å². The van der Waals surface area contributed by atoms with Crippen LogP contribution in [0, 0.1) is 6.92 Å². The summed E-state index contributed by atoms with van der Waals surface area (Å²) in [7, 11) is 0. The summed E-state index contributed by atoms with van der Waals surface area (Å²) in [6, 6.07) is 2.03. The predicted molar refractivity (Wildman–Crippen MR) is 87.5 cm³/mol. The number of thiophene rings is 1. The van der Waals surface area contributed by atoms with Gasteiger partial charge in [-0.05, 0) is 31.9 Å². The first-order chi connectivity index (χ1) is 10.6. The van der Waals surface area contributed by atoms with Crippen LogP contribution in [0.4, 0.5) is 4.79 Å². The first kappa shape index (κ1) is 16.8. The highest BCUT2D eigenvalue weighted by Gasteiger charge is 2.26. The first-order valence-corrected chi connectivity index (χ1v) is 8.68. The van der Waals surface area contributed by atoms with Gasteiger partial charge in [-0.3, -0.25) is 4.79 Å². The Morgan fingerprint density at radius 3 is 2.41 bits per heavy atom. The molecule has 0 atom stereocenters. The van der Waals surface area contributed by atoms with Gasteiger partial charge in [0.25, 0.3) is 5.91 Å². The van der Waals surface area contributed by atoms with Crippen molar-refractivity contribution in [3.63, 3.8) is 0 Å². The van der Waals surface area contributed by atoms with Crippen molar-refractivity contribution in [3.8, 4) is 0 Å². The van der Waals surface area contributed by atoms with Crippen LogP contribution in [0.5, 0.6) is 0 Å². The van der Waals surface area contributed by atoms with Crippen LogP contribution >= 0.6 is 11.3 Å². The minimum absolute atomic E-state index is 0.0824. The normalized spacial score (nSPS) is 15.0. The van der Waals surface area contributed by atoms with Crippen LogP contribution in [0.15, 0.2) is 6.07 Å². The Hall–Kier alpha value is -1.56. The van der Waals surface area contributed by atoms with Gasteiger partial charge in [-0.1, -0.05) is 13.3 Å². The van der Waals surface area contributed by atoms with Crippen molar-refractivity contribution in [1.82, 2.24) is 9.80 Å². The second kappa shape index (κ2) is 7.63. The van der Waals surface area contributed by atoms with Crippen LogP contribution in [0.3, 0.4) is 0 Å². The maximum atomic E-state index is 12.6. The van der Waals surface area contributed by atoms with E-state index in [1.165, 1.54) is 10.4 Å². The summed E-state index contributed by atoms with van der Waals surface area (Å²) in [6.07, 6.45) is 1.82. The maximum absolute atomic E-state index is 12.6. The van der Waals surface area contributed by atoms with Gasteiger partial charge in [0.2, 0.25) is 0 Å². The average molecular weight is 324 g/mol. The molecular formula is C16H24N2O3S. The number of rotatable bonds is 4. The number of carbonyl (C=O) groups excluding carboxylic acids is 2. The zero-order valence-electron chi connectivity index (χ0n) is 13.6. The Bertz CT molecular complexity index is 533. The van der Waals surface area contributed by atoms with E-state index in [9.17, 15) is 9.59 Å². The third kappa shape index (κ3) is 3.80. The van der Waals surface area contributed by atoms with Crippen LogP contribution in [0.25, 0.3) is 0 Å². The lowest BCUT2D eigenvalue weighted by Gasteiger charge is -2.33. The summed E-state index contributed by atoms with van der Waals surface area (Å²) >= 11 is 1.57. The fourth-order valence-electron chi connectivity index (χ4n) is 2.61. The number of ether oxygens (including phenoxy) is 1. The van der Waals surface area contributed by atoms with E-state index in [0.717, 1.165) is 17.7 Å². The number of hydrogen-bond donors (Lipinski definition) is 0. The van der Waals surface area contributed by atoms with Gasteiger partial charge in [0.15, 0.2) is 0 Å². The SMILES string of the molecule is CCCc1cc(C(=O)N2CCN(C(=O)OCC)CC2)sc1C. The Labute approximate surface area is 135 Å². The minimum Gasteiger partial charge on any atom is -0.450 e. The second-order valence-corrected chi connectivity index (χ2v) is 6.68. The van der Waals surface area contributed by atoms with Gasteiger partial charge in [-0.15, -0.1) is 11.3 Å². The lowest BCUT2D eigenvalue weighted by molar-refractivity contribution is 0.0574. The molecule has 0 aliphatic carbocycles. The number of carbonyl (C=O) groups is 2. The molecule has 0 saturated carbocycles. The molecule has 1 aromatic heterocycles. The van der Waals surface area contributed by atoms with E-state index in [0.29, 0.717) is 32.8 Å². The molecule has 1 aliphatic rings. The van der Waals surface area contributed by atoms with Crippen molar-refractivity contribution in [2.24, 2.45) is 0 Å². The molecule has 1 aliphatic heterocycles. The highest BCUT2D eigenvalue weighted by atomic mass is 32.1. The molecule has 5 nitrogen and oxygen atoms in total. The van der Waals surface area contributed by atoms with Crippen LogP contribution in [-0.2, 0) is 11.2 Å². The summed E-state index contributed by atoms with van der Waals surface area (Å²) in [6.45, 7) is 8.61. The van der Waals surface area contributed by atoms with E-state index < -0.39 is 0 Å². The maximum Gasteiger partial charge on any atom is 0.409 e. The summed E-state index contributed by atoms with van der Waals surface area (Å²) in [5.74, 6) is 0.0824. The average Bonchev–Trinajstić information content (AvgIpc) is 2.88. The molecule has 0 aromatic carbocycles. The molecule has 6 heteroatoms. The third-order valence-corrected chi connectivity index (χ3v) is 4.92. The van der Waals surface area contributed by atoms with Gasteiger partial charge in [-0.25, -0.2) is 4.79 Å². The molecule has 0 N–H and O–H groups in total. The predicted octanol–water partition coefficient (Wildman–Crippen LogP) is 2.92. The van der Waals surface area contributed by atoms with Gasteiger partial charge in [0.05, 0.1) is 11.5 Å². The summed E-state index contributed by atoms with van der Waals surface area (Å²) in [5, 5.41) is 0. The standard InChI is InChI=1S/C16H24N2O3S/c1-4-6-13-11-14(22-12(13)3)15(19)17-7-9-18(10-8-17)16(20)21-5-2/h11H,4-10H2,1-3H3. The molecule has 0 unspecified atom stereocenters. The fourth-order valence-corrected chi connectivity index (χ4v) is 3.65. The van der Waals surface area contributed by atoms with Gasteiger partial charge >= 0.3 is 6.09 Å². The first-order valence-electron chi connectivity index (χ1n) is 7.87. The van der Waals surface area contributed by atoms with Crippen LogP contribution in [0.2, 0.25) is 0 Å². The lowest BCUT2D eigenvalue weighted by atomic mass is 10.1. The quantitative estimate of drug-likeness (QED) is 0.855. The molecule has 1 fully saturated rings. The second-order valence-electron chi connectivity index (χ2n) is 5.42. The Morgan fingerprint density at radius 2 is 1.82 bits per heavy atom. The molecule has 122 valence electrons. The van der Waals surface area contributed by atoms with Crippen molar-refractivity contribution in [1.29, 1.82) is 0 Å². The van der Waals surface area contributed by atoms with E-state index in [4.69, 9.17) is 4.74 Å². The molecular weight excluding hydrogens is 300 g/mol. The zero-order valence-corrected chi connectivity index (χ0v) is 14.4. The van der Waals surface area contributed by atoms with Crippen molar-refractivity contribution in [2.45, 2.75) is 33.6 Å². The minimum atomic E-state index is -0.285. The largest absolute Gasteiger partial charge is 0.450 e. The summed E-state index contributed by atoms with van der Waals surface area (Å²) < 4.78 is 4.99. The van der Waals surface area contributed by atoms with E-state index in [1.807, 2.05) is 11.0 Å². The van der Waals surface area contributed by atoms with E-state index in [1.54, 1.807) is 23.2 Å². The number of aryl methyl sites for hydroxylation is 2. The number of nitrogens with zero attached hydrogens (tertiary/aromatic N) is 2. The van der Waals surface area contributed by atoms with Crippen LogP contribution in [0.1, 0.15) is 40.4 Å². The van der Waals surface area contributed by atoms with Crippen molar-refractivity contribution in [2.75, 3.05) is 32.8 Å². The molecule has 2 rings (SSSR count). The molecule has 2 amide bonds. The van der Waals surface area contributed by atoms with Crippen molar-refractivity contribution < 1.29 is 14.3 Å². The molecule has 2 heterocycles. The van der Waals surface area contributed by atoms with Crippen molar-refractivity contribution in [3.05, 3.63) is 21.4 Å². The Balaban J connectivity index is 1.95. The number of amides is 2. The molecule has 0 bridgehead atoms. The molecule has 22 heavy (non-hydrogen) atoms. The molecule has 1 saturated heterocycles. The van der Waals surface area contributed by atoms with E-state index in [2.05, 4.69) is 13.8 Å². The highest BCUT2D eigenvalue weighted by molar-refractivity contribution is 7.14. The highest BCUT2D eigenvalue weighted by Crippen LogP contribution is 2.24. The monoisotopic (exact) mass is 324 g/mol. The van der Waals surface area contributed by atoms with E-state index in [-0.39, 0.29) is 12.0 Å². The zero-order chi connectivity index (χ0) is 16.1. The number of piperazine rings is 1. The van der Waals surface area contributed by atoms with Crippen molar-refractivity contribution >= 4 is 23.3 Å². The fraction of sp³-hybridized carbons (Fsp3) is 0.625.